The molecule has 324 valence electrons. The zero-order chi connectivity index (χ0) is 41.9. The van der Waals surface area contributed by atoms with Crippen LogP contribution in [0.4, 0.5) is 0 Å². The molecule has 6 heterocycles. The van der Waals surface area contributed by atoms with Crippen LogP contribution < -0.4 is 4.78 Å². The van der Waals surface area contributed by atoms with Gasteiger partial charge in [-0.1, -0.05) is 26.0 Å². The molecule has 2 saturated heterocycles. The van der Waals surface area contributed by atoms with Gasteiger partial charge < -0.3 is 23.3 Å². The third-order valence-corrected chi connectivity index (χ3v) is 16.9. The first-order valence-electron chi connectivity index (χ1n) is 21.0. The molecule has 3 aliphatic carbocycles. The van der Waals surface area contributed by atoms with Crippen LogP contribution in [0, 0.1) is 0 Å². The molecule has 4 aromatic rings. The Kier molecular flexibility index (Phi) is 16.8. The maximum absolute atomic E-state index is 10.7. The number of ketones is 1. The Hall–Kier alpha value is -1.45. The fraction of sp³-hybridized carbons (Fsp3) is 0.659. The lowest BCUT2D eigenvalue weighted by molar-refractivity contribution is -0.119. The quantitative estimate of drug-likeness (QED) is 0.145. The van der Waals surface area contributed by atoms with Crippen molar-refractivity contribution < 1.29 is 28.1 Å². The van der Waals surface area contributed by atoms with E-state index in [2.05, 4.69) is 57.3 Å². The van der Waals surface area contributed by atoms with Crippen molar-refractivity contribution >= 4 is 81.9 Å². The van der Waals surface area contributed by atoms with E-state index >= 15 is 0 Å². The van der Waals surface area contributed by atoms with Gasteiger partial charge in [-0.3, -0.25) is 4.79 Å². The first-order chi connectivity index (χ1) is 27.3. The zero-order valence-electron chi connectivity index (χ0n) is 36.0. The number of thiazole rings is 2. The number of nitrogens with zero attached hydrogens (tertiary/aromatic N) is 2. The predicted molar refractivity (Wildman–Crippen MR) is 252 cm³/mol. The third-order valence-electron chi connectivity index (χ3n) is 11.8. The van der Waals surface area contributed by atoms with E-state index in [0.29, 0.717) is 6.42 Å². The Bertz CT molecular complexity index is 1880. The number of hydrogen-bond acceptors (Lipinski definition) is 12. The average molecular weight is 903 g/mol. The molecule has 8 nitrogen and oxygen atoms in total. The van der Waals surface area contributed by atoms with Crippen LogP contribution in [0.2, 0.25) is 0 Å². The first-order valence-corrected chi connectivity index (χ1v) is 24.8. The number of aromatic nitrogens is 2. The number of carbonyl (C=O) groups excluding carboxylic acids is 1. The van der Waals surface area contributed by atoms with E-state index in [1.165, 1.54) is 80.8 Å². The van der Waals surface area contributed by atoms with Gasteiger partial charge in [-0.2, -0.15) is 0 Å². The molecule has 0 bridgehead atoms. The molecule has 0 amide bonds. The highest BCUT2D eigenvalue weighted by Crippen LogP contribution is 2.40. The summed E-state index contributed by atoms with van der Waals surface area (Å²) < 4.78 is 30.1. The van der Waals surface area contributed by atoms with Gasteiger partial charge in [0.05, 0.1) is 48.9 Å². The minimum atomic E-state index is -0.523. The lowest BCUT2D eigenvalue weighted by Crippen LogP contribution is -2.41. The Balaban J connectivity index is 0.000000159. The van der Waals surface area contributed by atoms with Gasteiger partial charge in [0.1, 0.15) is 10.0 Å². The molecule has 9 rings (SSSR count). The van der Waals surface area contributed by atoms with Gasteiger partial charge in [0, 0.05) is 27.1 Å². The molecule has 0 radical (unpaired) electrons. The van der Waals surface area contributed by atoms with Crippen LogP contribution in [0.3, 0.4) is 0 Å². The molecule has 4 aromatic heterocycles. The van der Waals surface area contributed by atoms with E-state index in [0.717, 1.165) is 35.5 Å². The maximum Gasteiger partial charge on any atom is 0.640 e. The van der Waals surface area contributed by atoms with Crippen LogP contribution in [0.15, 0.2) is 29.6 Å². The summed E-state index contributed by atoms with van der Waals surface area (Å²) in [5, 5.41) is 4.34. The molecule has 1 unspecified atom stereocenters. The molecule has 1 saturated carbocycles. The standard InChI is InChI=1S/C17H22BNO2S2.C11H11NS2.C9H19BO3.C6H9ClO.CH4/c1-16(2)17(3,4)21-18(20-16)14-10-9-13(22-14)15-19-11-7-5-6-8-12(11)23-15;1-2-5-9-8(4-1)12-11(14-9)10-6-3-7-13-10;1-7(2)11-10-12-8(3,4)9(5,6)13-10;7-5-3-1-2-4-6(5)8;/h9-10H,5-8H2,1-4H3;3,6-7H,1-2,4-5H2;7H,1-6H3;5H,1-4H2;1H4. The van der Waals surface area contributed by atoms with Gasteiger partial charge in [0.2, 0.25) is 0 Å². The highest BCUT2D eigenvalue weighted by molar-refractivity contribution is 7.28. The van der Waals surface area contributed by atoms with Crippen LogP contribution in [0.5, 0.6) is 0 Å². The van der Waals surface area contributed by atoms with Crippen LogP contribution >= 0.6 is 56.9 Å². The number of Topliss-reactive ketones (excluding diaryl/α,β-unsaturated/α-hetero) is 1. The van der Waals surface area contributed by atoms with E-state index in [-0.39, 0.29) is 54.2 Å². The molecule has 15 heteroatoms. The lowest BCUT2D eigenvalue weighted by atomic mass is 9.88. The number of rotatable bonds is 5. The Labute approximate surface area is 375 Å². The maximum atomic E-state index is 10.7. The number of halogens is 1. The van der Waals surface area contributed by atoms with Gasteiger partial charge in [0.15, 0.2) is 5.78 Å². The number of thiophene rings is 2. The second kappa shape index (κ2) is 20.4. The Morgan fingerprint density at radius 1 is 0.695 bits per heavy atom. The highest BCUT2D eigenvalue weighted by Gasteiger charge is 2.53. The summed E-state index contributed by atoms with van der Waals surface area (Å²) >= 11 is 12.9. The Morgan fingerprint density at radius 3 is 1.66 bits per heavy atom. The molecular weight excluding hydrogens is 838 g/mol. The second-order valence-corrected chi connectivity index (χ2v) is 22.6. The van der Waals surface area contributed by atoms with E-state index < -0.39 is 7.32 Å². The van der Waals surface area contributed by atoms with Crippen molar-refractivity contribution in [2.24, 2.45) is 0 Å². The SMILES string of the molecule is C.CC(C)OB1OC(C)(C)C(C)(C)O1.CC1(C)OB(c2ccc(-c3nc4c(s3)CCCC4)s2)OC1(C)C.O=C1CCCCC1Cl.c1csc(-c2nc3c(s2)CCCC3)c1. The average Bonchev–Trinajstić information content (AvgIpc) is 4.00. The van der Waals surface area contributed by atoms with Crippen LogP contribution in [0.1, 0.15) is 149 Å². The summed E-state index contributed by atoms with van der Waals surface area (Å²) in [6.07, 6.45) is 13.9. The summed E-state index contributed by atoms with van der Waals surface area (Å²) in [6.45, 7) is 20.3. The van der Waals surface area contributed by atoms with Crippen LogP contribution in [-0.4, -0.2) is 64.1 Å². The van der Waals surface area contributed by atoms with Crippen molar-refractivity contribution in [2.75, 3.05) is 0 Å². The van der Waals surface area contributed by atoms with Crippen molar-refractivity contribution in [1.29, 1.82) is 0 Å². The number of carbonyl (C=O) groups is 1. The molecule has 5 aliphatic rings. The minimum absolute atomic E-state index is 0. The summed E-state index contributed by atoms with van der Waals surface area (Å²) in [5.74, 6) is 0.234. The topological polar surface area (TPSA) is 89.0 Å². The highest BCUT2D eigenvalue weighted by atomic mass is 35.5. The molecular formula is C44H65B2ClN2O6S4. The van der Waals surface area contributed by atoms with E-state index in [1.807, 2.05) is 64.2 Å². The Morgan fingerprint density at radius 2 is 1.20 bits per heavy atom. The molecule has 1 atom stereocenters. The van der Waals surface area contributed by atoms with Crippen molar-refractivity contribution in [1.82, 2.24) is 9.97 Å². The van der Waals surface area contributed by atoms with Crippen molar-refractivity contribution in [3.8, 4) is 19.8 Å². The smallest absolute Gasteiger partial charge is 0.399 e. The van der Waals surface area contributed by atoms with Gasteiger partial charge >= 0.3 is 14.4 Å². The fourth-order valence-electron chi connectivity index (χ4n) is 6.88. The first kappa shape index (κ1) is 48.6. The molecule has 3 fully saturated rings. The van der Waals surface area contributed by atoms with Gasteiger partial charge in [-0.05, 0) is 151 Å². The summed E-state index contributed by atoms with van der Waals surface area (Å²) in [5.41, 5.74) is 1.51. The van der Waals surface area contributed by atoms with E-state index in [4.69, 9.17) is 44.8 Å². The molecule has 59 heavy (non-hydrogen) atoms. The third kappa shape index (κ3) is 12.2. The lowest BCUT2D eigenvalue weighted by Gasteiger charge is -2.32. The number of hydrogen-bond donors (Lipinski definition) is 0. The number of aryl methyl sites for hydroxylation is 4. The molecule has 2 aliphatic heterocycles. The second-order valence-electron chi connectivity index (χ2n) is 17.9. The van der Waals surface area contributed by atoms with Gasteiger partial charge in [0.25, 0.3) is 0 Å². The van der Waals surface area contributed by atoms with Gasteiger partial charge in [-0.25, -0.2) is 9.97 Å². The number of alkyl halides is 1. The molecule has 0 aromatic carbocycles. The fourth-order valence-corrected chi connectivity index (χ4v) is 11.3. The van der Waals surface area contributed by atoms with E-state index in [1.54, 1.807) is 22.7 Å². The molecule has 0 spiro atoms. The van der Waals surface area contributed by atoms with E-state index in [9.17, 15) is 4.79 Å². The van der Waals surface area contributed by atoms with Crippen LogP contribution in [0.25, 0.3) is 19.8 Å². The normalized spacial score (nSPS) is 22.2. The van der Waals surface area contributed by atoms with Crippen molar-refractivity contribution in [3.05, 3.63) is 50.8 Å². The predicted octanol–water partition coefficient (Wildman–Crippen LogP) is 12.2. The van der Waals surface area contributed by atoms with Crippen LogP contribution in [-0.2, 0) is 53.7 Å². The molecule has 0 N–H and O–H groups in total. The van der Waals surface area contributed by atoms with Crippen molar-refractivity contribution in [2.45, 2.75) is 188 Å². The summed E-state index contributed by atoms with van der Waals surface area (Å²) in [7, 11) is -0.793. The minimum Gasteiger partial charge on any atom is -0.399 e. The van der Waals surface area contributed by atoms with Crippen molar-refractivity contribution in [3.63, 3.8) is 0 Å². The monoisotopic (exact) mass is 902 g/mol. The summed E-state index contributed by atoms with van der Waals surface area (Å²) in [6, 6.07) is 8.55. The number of fused-ring (bicyclic) bond motifs is 2. The summed E-state index contributed by atoms with van der Waals surface area (Å²) in [4.78, 5) is 25.8. The van der Waals surface area contributed by atoms with Gasteiger partial charge in [-0.15, -0.1) is 56.9 Å². The largest absolute Gasteiger partial charge is 0.640 e. The zero-order valence-corrected chi connectivity index (χ0v) is 40.1.